The van der Waals surface area contributed by atoms with Gasteiger partial charge < -0.3 is 0 Å². The molecule has 34 heavy (non-hydrogen) atoms. The van der Waals surface area contributed by atoms with Gasteiger partial charge in [-0.1, -0.05) is 207 Å². The van der Waals surface area contributed by atoms with E-state index in [2.05, 4.69) is 27.7 Å². The summed E-state index contributed by atoms with van der Waals surface area (Å²) in [6, 6.07) is 0. The summed E-state index contributed by atoms with van der Waals surface area (Å²) in [5.41, 5.74) is 0. The van der Waals surface area contributed by atoms with Crippen molar-refractivity contribution in [2.24, 2.45) is 11.8 Å². The summed E-state index contributed by atoms with van der Waals surface area (Å²) < 4.78 is 0. The van der Waals surface area contributed by atoms with Gasteiger partial charge in [0.05, 0.1) is 0 Å². The third kappa shape index (κ3) is 30.0. The average Bonchev–Trinajstić information content (AvgIpc) is 2.81. The molecule has 0 saturated heterocycles. The van der Waals surface area contributed by atoms with Crippen molar-refractivity contribution in [1.29, 1.82) is 0 Å². The Hall–Kier alpha value is 0. The average molecular weight is 479 g/mol. The molecule has 0 spiro atoms. The molecule has 0 saturated carbocycles. The van der Waals surface area contributed by atoms with Gasteiger partial charge in [-0.05, 0) is 11.8 Å². The fraction of sp³-hybridized carbons (Fsp3) is 1.00. The Morgan fingerprint density at radius 3 is 0.853 bits per heavy atom. The Balaban J connectivity index is 3.08. The van der Waals surface area contributed by atoms with Crippen molar-refractivity contribution in [3.8, 4) is 0 Å². The lowest BCUT2D eigenvalue weighted by atomic mass is 9.95. The second-order valence-electron chi connectivity index (χ2n) is 12.4. The van der Waals surface area contributed by atoms with Gasteiger partial charge in [-0.15, -0.1) is 0 Å². The van der Waals surface area contributed by atoms with Crippen LogP contribution in [0.25, 0.3) is 0 Å². The molecule has 0 nitrogen and oxygen atoms in total. The molecule has 0 aliphatic rings. The molecule has 0 bridgehead atoms. The van der Waals surface area contributed by atoms with Crippen molar-refractivity contribution in [2.45, 2.75) is 207 Å². The van der Waals surface area contributed by atoms with E-state index >= 15 is 0 Å². The Morgan fingerprint density at radius 2 is 0.559 bits per heavy atom. The molecule has 0 N–H and O–H groups in total. The number of unbranched alkanes of at least 4 members (excludes halogenated alkanes) is 23. The lowest BCUT2D eigenvalue weighted by molar-refractivity contribution is 0.417. The zero-order chi connectivity index (χ0) is 25.0. The minimum Gasteiger partial charge on any atom is -0.0654 e. The molecule has 0 amide bonds. The van der Waals surface area contributed by atoms with Gasteiger partial charge in [0.15, 0.2) is 0 Å². The van der Waals surface area contributed by atoms with Gasteiger partial charge >= 0.3 is 0 Å². The van der Waals surface area contributed by atoms with Crippen LogP contribution in [0.2, 0.25) is 0 Å². The van der Waals surface area contributed by atoms with Gasteiger partial charge in [0.1, 0.15) is 0 Å². The summed E-state index contributed by atoms with van der Waals surface area (Å²) in [6.45, 7) is 9.48. The first-order chi connectivity index (χ1) is 16.7. The van der Waals surface area contributed by atoms with Crippen LogP contribution >= 0.6 is 0 Å². The minimum absolute atomic E-state index is 0.885. The lowest BCUT2D eigenvalue weighted by Crippen LogP contribution is -1.96. The number of hydrogen-bond donors (Lipinski definition) is 0. The second-order valence-corrected chi connectivity index (χ2v) is 12.4. The van der Waals surface area contributed by atoms with Crippen molar-refractivity contribution in [3.05, 3.63) is 0 Å². The van der Waals surface area contributed by atoms with E-state index < -0.39 is 0 Å². The fourth-order valence-electron chi connectivity index (χ4n) is 5.47. The number of rotatable bonds is 29. The van der Waals surface area contributed by atoms with E-state index in [4.69, 9.17) is 0 Å². The minimum atomic E-state index is 0.885. The van der Waals surface area contributed by atoms with Crippen molar-refractivity contribution in [2.75, 3.05) is 0 Å². The molecule has 1 unspecified atom stereocenters. The second kappa shape index (κ2) is 29.2. The predicted octanol–water partition coefficient (Wildman–Crippen LogP) is 13.2. The molecule has 1 atom stereocenters. The molecule has 0 heterocycles. The van der Waals surface area contributed by atoms with Crippen LogP contribution in [-0.2, 0) is 0 Å². The molecule has 0 aromatic rings. The Kier molecular flexibility index (Phi) is 29.2. The summed E-state index contributed by atoms with van der Waals surface area (Å²) in [6.07, 6.45) is 41.3. The van der Waals surface area contributed by atoms with Gasteiger partial charge in [-0.2, -0.15) is 0 Å². The first-order valence-corrected chi connectivity index (χ1v) is 16.7. The quantitative estimate of drug-likeness (QED) is 0.0937. The SMILES string of the molecule is CCCCCCCCCCCCCCCCCCCCCCCCCCC(C)CCCC(C)C. The topological polar surface area (TPSA) is 0 Å². The Labute approximate surface area is 219 Å². The first-order valence-electron chi connectivity index (χ1n) is 16.7. The van der Waals surface area contributed by atoms with Gasteiger partial charge in [0.25, 0.3) is 0 Å². The highest BCUT2D eigenvalue weighted by Gasteiger charge is 2.03. The van der Waals surface area contributed by atoms with Crippen molar-refractivity contribution in [1.82, 2.24) is 0 Å². The van der Waals surface area contributed by atoms with E-state index in [1.165, 1.54) is 180 Å². The normalized spacial score (nSPS) is 12.6. The molecule has 0 fully saturated rings. The molecule has 0 aliphatic heterocycles. The van der Waals surface area contributed by atoms with Gasteiger partial charge in [0.2, 0.25) is 0 Å². The van der Waals surface area contributed by atoms with Gasteiger partial charge in [-0.3, -0.25) is 0 Å². The van der Waals surface area contributed by atoms with Crippen LogP contribution in [0.1, 0.15) is 207 Å². The highest BCUT2D eigenvalue weighted by molar-refractivity contribution is 4.57. The molecule has 0 heteroatoms. The van der Waals surface area contributed by atoms with Crippen LogP contribution in [0.3, 0.4) is 0 Å². The van der Waals surface area contributed by atoms with Crippen LogP contribution in [0, 0.1) is 11.8 Å². The van der Waals surface area contributed by atoms with Crippen molar-refractivity contribution in [3.63, 3.8) is 0 Å². The Bertz CT molecular complexity index is 344. The number of hydrogen-bond acceptors (Lipinski definition) is 0. The summed E-state index contributed by atoms with van der Waals surface area (Å²) in [5, 5.41) is 0. The van der Waals surface area contributed by atoms with E-state index in [0.717, 1.165) is 11.8 Å². The molecule has 206 valence electrons. The zero-order valence-corrected chi connectivity index (χ0v) is 25.0. The van der Waals surface area contributed by atoms with Crippen molar-refractivity contribution >= 4 is 0 Å². The molecule has 0 radical (unpaired) electrons. The van der Waals surface area contributed by atoms with E-state index in [1.54, 1.807) is 0 Å². The maximum atomic E-state index is 2.47. The fourth-order valence-corrected chi connectivity index (χ4v) is 5.47. The van der Waals surface area contributed by atoms with Gasteiger partial charge in [0, 0.05) is 0 Å². The lowest BCUT2D eigenvalue weighted by Gasteiger charge is -2.12. The van der Waals surface area contributed by atoms with Crippen LogP contribution in [-0.4, -0.2) is 0 Å². The highest BCUT2D eigenvalue weighted by Crippen LogP contribution is 2.19. The van der Waals surface area contributed by atoms with Crippen LogP contribution in [0.15, 0.2) is 0 Å². The van der Waals surface area contributed by atoms with Crippen molar-refractivity contribution < 1.29 is 0 Å². The molecule has 0 rings (SSSR count). The summed E-state index contributed by atoms with van der Waals surface area (Å²) >= 11 is 0. The summed E-state index contributed by atoms with van der Waals surface area (Å²) in [5.74, 6) is 1.84. The van der Waals surface area contributed by atoms with E-state index in [1.807, 2.05) is 0 Å². The monoisotopic (exact) mass is 479 g/mol. The maximum absolute atomic E-state index is 2.47. The van der Waals surface area contributed by atoms with Crippen LogP contribution in [0.5, 0.6) is 0 Å². The van der Waals surface area contributed by atoms with E-state index in [9.17, 15) is 0 Å². The smallest absolute Gasteiger partial charge is 0.0443 e. The molecule has 0 aromatic carbocycles. The third-order valence-corrected chi connectivity index (χ3v) is 8.03. The standard InChI is InChI=1S/C34H70/c1-5-6-7-8-9-10-11-12-13-14-15-16-17-18-19-20-21-22-23-24-25-26-27-28-31-34(4)32-29-30-33(2)3/h33-34H,5-32H2,1-4H3. The van der Waals surface area contributed by atoms with Crippen LogP contribution < -0.4 is 0 Å². The van der Waals surface area contributed by atoms with Gasteiger partial charge in [-0.25, -0.2) is 0 Å². The molecule has 0 aromatic heterocycles. The highest BCUT2D eigenvalue weighted by atomic mass is 14.1. The molecule has 0 aliphatic carbocycles. The first kappa shape index (κ1) is 34.0. The Morgan fingerprint density at radius 1 is 0.294 bits per heavy atom. The molecular weight excluding hydrogens is 408 g/mol. The largest absolute Gasteiger partial charge is 0.0654 e. The van der Waals surface area contributed by atoms with E-state index in [-0.39, 0.29) is 0 Å². The summed E-state index contributed by atoms with van der Waals surface area (Å²) in [4.78, 5) is 0. The third-order valence-electron chi connectivity index (χ3n) is 8.03. The summed E-state index contributed by atoms with van der Waals surface area (Å²) in [7, 11) is 0. The van der Waals surface area contributed by atoms with Crippen LogP contribution in [0.4, 0.5) is 0 Å². The molecular formula is C34H70. The predicted molar refractivity (Wildman–Crippen MR) is 159 cm³/mol. The van der Waals surface area contributed by atoms with E-state index in [0.29, 0.717) is 0 Å². The zero-order valence-electron chi connectivity index (χ0n) is 25.0. The maximum Gasteiger partial charge on any atom is -0.0443 e.